The first-order valence-electron chi connectivity index (χ1n) is 15.4. The van der Waals surface area contributed by atoms with Gasteiger partial charge in [-0.05, 0) is 77.5 Å². The molecule has 0 atom stereocenters. The molecular weight excluding hydrogens is 584 g/mol. The Morgan fingerprint density at radius 2 is 1.04 bits per heavy atom. The number of H-pyrrole nitrogens is 2. The molecule has 0 saturated carbocycles. The van der Waals surface area contributed by atoms with E-state index in [1.165, 1.54) is 24.3 Å². The predicted octanol–water partition coefficient (Wildman–Crippen LogP) is 6.47. The largest absolute Gasteiger partial charge is 0.354 e. The smallest absolute Gasteiger partial charge is 0.252 e. The summed E-state index contributed by atoms with van der Waals surface area (Å²) >= 11 is 0. The Bertz CT molecular complexity index is 2030. The molecule has 4 N–H and O–H groups in total. The summed E-state index contributed by atoms with van der Waals surface area (Å²) in [4.78, 5) is 34.1. The van der Waals surface area contributed by atoms with Crippen LogP contribution in [0.4, 0.5) is 8.78 Å². The maximum Gasteiger partial charge on any atom is 0.252 e. The van der Waals surface area contributed by atoms with Crippen LogP contribution >= 0.6 is 0 Å². The highest BCUT2D eigenvalue weighted by Crippen LogP contribution is 2.36. The van der Waals surface area contributed by atoms with Crippen molar-refractivity contribution in [2.75, 3.05) is 20.1 Å². The highest BCUT2D eigenvalue weighted by molar-refractivity contribution is 6.11. The highest BCUT2D eigenvalue weighted by Gasteiger charge is 2.25. The van der Waals surface area contributed by atoms with Crippen LogP contribution < -0.4 is 10.6 Å². The van der Waals surface area contributed by atoms with Crippen LogP contribution in [0.5, 0.6) is 0 Å². The molecule has 0 aliphatic carbocycles. The first kappa shape index (κ1) is 28.2. The molecule has 46 heavy (non-hydrogen) atoms. The van der Waals surface area contributed by atoms with E-state index in [-0.39, 0.29) is 11.8 Å². The standard InChI is InChI=1S/C37H31F2N5O2/c1-44(18-20-2-6-22(7-3-20)34-26-10-12-40-36(45)28-14-24(38)16-30(42-34)32(26)28)19-21-4-8-23(9-5-21)35-27-11-13-41-37(46)29-15-25(39)17-31(43-35)33(27)29/h2-9,14-17,42-43H,10-13,18-19H2,1H3,(H,40,45)(H,41,46). The van der Waals surface area contributed by atoms with Gasteiger partial charge in [0.15, 0.2) is 0 Å². The molecule has 0 bridgehead atoms. The molecule has 2 aromatic heterocycles. The van der Waals surface area contributed by atoms with Crippen molar-refractivity contribution in [2.45, 2.75) is 25.9 Å². The molecular formula is C37H31F2N5O2. The monoisotopic (exact) mass is 615 g/mol. The topological polar surface area (TPSA) is 93.0 Å². The number of halogens is 2. The van der Waals surface area contributed by atoms with Gasteiger partial charge in [0.1, 0.15) is 11.6 Å². The number of hydrogen-bond donors (Lipinski definition) is 4. The zero-order valence-corrected chi connectivity index (χ0v) is 25.2. The summed E-state index contributed by atoms with van der Waals surface area (Å²) in [6.45, 7) is 2.50. The molecule has 230 valence electrons. The number of amides is 2. The predicted molar refractivity (Wildman–Crippen MR) is 175 cm³/mol. The van der Waals surface area contributed by atoms with E-state index >= 15 is 0 Å². The third kappa shape index (κ3) is 4.84. The van der Waals surface area contributed by atoms with E-state index in [1.807, 2.05) is 0 Å². The maximum atomic E-state index is 14.3. The fourth-order valence-corrected chi connectivity index (χ4v) is 7.11. The van der Waals surface area contributed by atoms with E-state index in [4.69, 9.17) is 0 Å². The Kier molecular flexibility index (Phi) is 6.72. The minimum Gasteiger partial charge on any atom is -0.354 e. The minimum atomic E-state index is -0.435. The second kappa shape index (κ2) is 11.0. The van der Waals surface area contributed by atoms with Crippen molar-refractivity contribution in [3.8, 4) is 22.5 Å². The molecule has 0 unspecified atom stereocenters. The summed E-state index contributed by atoms with van der Waals surface area (Å²) < 4.78 is 28.6. The van der Waals surface area contributed by atoms with Gasteiger partial charge in [0, 0.05) is 59.4 Å². The van der Waals surface area contributed by atoms with Crippen molar-refractivity contribution in [1.29, 1.82) is 0 Å². The fourth-order valence-electron chi connectivity index (χ4n) is 7.11. The van der Waals surface area contributed by atoms with Gasteiger partial charge in [0.2, 0.25) is 0 Å². The number of aromatic amines is 2. The van der Waals surface area contributed by atoms with Crippen LogP contribution in [0.15, 0.2) is 72.8 Å². The minimum absolute atomic E-state index is 0.245. The number of hydrogen-bond acceptors (Lipinski definition) is 3. The van der Waals surface area contributed by atoms with Gasteiger partial charge in [0.25, 0.3) is 11.8 Å². The highest BCUT2D eigenvalue weighted by atomic mass is 19.1. The van der Waals surface area contributed by atoms with Crippen LogP contribution in [0.25, 0.3) is 44.3 Å². The Balaban J connectivity index is 0.990. The Morgan fingerprint density at radius 1 is 0.630 bits per heavy atom. The summed E-state index contributed by atoms with van der Waals surface area (Å²) in [7, 11) is 2.08. The van der Waals surface area contributed by atoms with E-state index in [9.17, 15) is 18.4 Å². The van der Waals surface area contributed by atoms with Crippen molar-refractivity contribution < 1.29 is 18.4 Å². The van der Waals surface area contributed by atoms with Crippen LogP contribution in [-0.2, 0) is 25.9 Å². The quantitative estimate of drug-likeness (QED) is 0.173. The van der Waals surface area contributed by atoms with Gasteiger partial charge in [-0.2, -0.15) is 0 Å². The number of rotatable bonds is 6. The molecule has 2 aliphatic heterocycles. The molecule has 9 heteroatoms. The Labute approximate surface area is 263 Å². The van der Waals surface area contributed by atoms with E-state index < -0.39 is 11.6 Å². The lowest BCUT2D eigenvalue weighted by molar-refractivity contribution is 0.0948. The van der Waals surface area contributed by atoms with Crippen molar-refractivity contribution >= 4 is 33.6 Å². The average molecular weight is 616 g/mol. The molecule has 7 nitrogen and oxygen atoms in total. The van der Waals surface area contributed by atoms with Gasteiger partial charge in [0.05, 0.1) is 11.1 Å². The summed E-state index contributed by atoms with van der Waals surface area (Å²) in [6, 6.07) is 22.3. The zero-order chi connectivity index (χ0) is 31.5. The van der Waals surface area contributed by atoms with Crippen molar-refractivity contribution in [1.82, 2.24) is 25.5 Å². The van der Waals surface area contributed by atoms with E-state index in [2.05, 4.69) is 81.1 Å². The number of aromatic nitrogens is 2. The van der Waals surface area contributed by atoms with Gasteiger partial charge in [-0.1, -0.05) is 48.5 Å². The Morgan fingerprint density at radius 3 is 1.46 bits per heavy atom. The number of benzene rings is 4. The summed E-state index contributed by atoms with van der Waals surface area (Å²) in [5.41, 5.74) is 10.2. The summed E-state index contributed by atoms with van der Waals surface area (Å²) in [5.74, 6) is -1.36. The molecule has 0 saturated heterocycles. The average Bonchev–Trinajstić information content (AvgIpc) is 3.46. The third-order valence-corrected chi connectivity index (χ3v) is 9.13. The van der Waals surface area contributed by atoms with Gasteiger partial charge in [-0.25, -0.2) is 8.78 Å². The molecule has 2 amide bonds. The lowest BCUT2D eigenvalue weighted by Crippen LogP contribution is -2.23. The van der Waals surface area contributed by atoms with Gasteiger partial charge >= 0.3 is 0 Å². The molecule has 0 radical (unpaired) electrons. The maximum absolute atomic E-state index is 14.3. The summed E-state index contributed by atoms with van der Waals surface area (Å²) in [6.07, 6.45) is 1.34. The molecule has 2 aliphatic rings. The van der Waals surface area contributed by atoms with E-state index in [0.717, 1.165) is 68.6 Å². The number of carbonyl (C=O) groups excluding carboxylic acids is 2. The Hall–Kier alpha value is -5.28. The van der Waals surface area contributed by atoms with Crippen LogP contribution in [0, 0.1) is 11.6 Å². The van der Waals surface area contributed by atoms with Crippen LogP contribution in [0.1, 0.15) is 43.0 Å². The second-order valence-electron chi connectivity index (χ2n) is 12.3. The normalized spacial score (nSPS) is 14.4. The molecule has 4 heterocycles. The lowest BCUT2D eigenvalue weighted by Gasteiger charge is -2.17. The van der Waals surface area contributed by atoms with E-state index in [1.54, 1.807) is 0 Å². The molecule has 0 fully saturated rings. The SMILES string of the molecule is CN(Cc1ccc(-c2[nH]c3cc(F)cc4c3c2CCNC4=O)cc1)Cc1ccc(-c2[nH]c3cc(F)cc4c3c2CCNC4=O)cc1. The lowest BCUT2D eigenvalue weighted by atomic mass is 9.99. The number of nitrogens with one attached hydrogen (secondary N) is 4. The fraction of sp³-hybridized carbons (Fsp3) is 0.189. The molecule has 8 rings (SSSR count). The number of nitrogens with zero attached hydrogens (tertiary/aromatic N) is 1. The molecule has 0 spiro atoms. The van der Waals surface area contributed by atoms with Crippen LogP contribution in [0.3, 0.4) is 0 Å². The molecule has 4 aromatic carbocycles. The molecule has 6 aromatic rings. The van der Waals surface area contributed by atoms with Crippen LogP contribution in [0.2, 0.25) is 0 Å². The second-order valence-corrected chi connectivity index (χ2v) is 12.3. The van der Waals surface area contributed by atoms with Crippen molar-refractivity contribution in [3.63, 3.8) is 0 Å². The summed E-state index contributed by atoms with van der Waals surface area (Å²) in [5, 5.41) is 7.34. The zero-order valence-electron chi connectivity index (χ0n) is 25.2. The van der Waals surface area contributed by atoms with Crippen molar-refractivity contribution in [2.24, 2.45) is 0 Å². The third-order valence-electron chi connectivity index (χ3n) is 9.13. The first-order valence-corrected chi connectivity index (χ1v) is 15.4. The van der Waals surface area contributed by atoms with Crippen molar-refractivity contribution in [3.05, 3.63) is 118 Å². The van der Waals surface area contributed by atoms with E-state index in [0.29, 0.717) is 48.1 Å². The van der Waals surface area contributed by atoms with Gasteiger partial charge in [-0.15, -0.1) is 0 Å². The van der Waals surface area contributed by atoms with Gasteiger partial charge < -0.3 is 20.6 Å². The first-order chi connectivity index (χ1) is 22.3. The van der Waals surface area contributed by atoms with Gasteiger partial charge in [-0.3, -0.25) is 14.5 Å². The number of carbonyl (C=O) groups is 2. The van der Waals surface area contributed by atoms with Crippen LogP contribution in [-0.4, -0.2) is 46.8 Å².